The standard InChI is InChI=1S/C18H13N3O2S2/c22-25(23,14-4-2-1-3-5-14)11-8-13-6-7-16-15(12-13)21-17-18(24-16)20-10-9-19-17/h1-12H,(H,19,21). The summed E-state index contributed by atoms with van der Waals surface area (Å²) in [5.74, 6) is 0.707. The summed E-state index contributed by atoms with van der Waals surface area (Å²) in [5.41, 5.74) is 1.68. The SMILES string of the molecule is O=S(=O)(C=Cc1ccc2c(c1)Nc1nccnc1S2)c1ccccc1. The lowest BCUT2D eigenvalue weighted by atomic mass is 10.2. The molecule has 0 bridgehead atoms. The van der Waals surface area contributed by atoms with Crippen LogP contribution >= 0.6 is 11.8 Å². The summed E-state index contributed by atoms with van der Waals surface area (Å²) in [6.45, 7) is 0. The Morgan fingerprint density at radius 3 is 2.64 bits per heavy atom. The Balaban J connectivity index is 1.62. The fraction of sp³-hybridized carbons (Fsp3) is 0. The summed E-state index contributed by atoms with van der Waals surface area (Å²) in [5, 5.41) is 5.29. The second-order valence-corrected chi connectivity index (χ2v) is 8.22. The van der Waals surface area contributed by atoms with Crippen LogP contribution in [0.5, 0.6) is 0 Å². The minimum absolute atomic E-state index is 0.280. The van der Waals surface area contributed by atoms with E-state index in [1.807, 2.05) is 18.2 Å². The molecule has 5 nitrogen and oxygen atoms in total. The molecule has 0 amide bonds. The fourth-order valence-electron chi connectivity index (χ4n) is 2.41. The summed E-state index contributed by atoms with van der Waals surface area (Å²) in [6.07, 6.45) is 4.89. The van der Waals surface area contributed by atoms with Crippen molar-refractivity contribution in [3.8, 4) is 0 Å². The molecule has 1 aromatic heterocycles. The number of hydrogen-bond donors (Lipinski definition) is 1. The third kappa shape index (κ3) is 3.29. The van der Waals surface area contributed by atoms with Crippen molar-refractivity contribution in [3.05, 3.63) is 71.9 Å². The van der Waals surface area contributed by atoms with Gasteiger partial charge in [0.05, 0.1) is 10.6 Å². The van der Waals surface area contributed by atoms with Gasteiger partial charge in [-0.15, -0.1) is 0 Å². The lowest BCUT2D eigenvalue weighted by Crippen LogP contribution is -2.03. The Morgan fingerprint density at radius 2 is 1.80 bits per heavy atom. The zero-order valence-electron chi connectivity index (χ0n) is 13.0. The summed E-state index contributed by atoms with van der Waals surface area (Å²) in [6, 6.07) is 14.1. The third-order valence-corrected chi connectivity index (χ3v) is 6.13. The number of fused-ring (bicyclic) bond motifs is 2. The van der Waals surface area contributed by atoms with Crippen LogP contribution in [-0.2, 0) is 9.84 Å². The van der Waals surface area contributed by atoms with Crippen LogP contribution in [0.2, 0.25) is 0 Å². The molecule has 0 spiro atoms. The van der Waals surface area contributed by atoms with Gasteiger partial charge >= 0.3 is 0 Å². The van der Waals surface area contributed by atoms with Gasteiger partial charge in [0.15, 0.2) is 15.7 Å². The van der Waals surface area contributed by atoms with Crippen molar-refractivity contribution in [1.82, 2.24) is 9.97 Å². The van der Waals surface area contributed by atoms with Gasteiger partial charge < -0.3 is 5.32 Å². The van der Waals surface area contributed by atoms with Crippen molar-refractivity contribution in [2.45, 2.75) is 14.8 Å². The van der Waals surface area contributed by atoms with Crippen LogP contribution in [0.15, 0.2) is 81.1 Å². The topological polar surface area (TPSA) is 72.0 Å². The molecule has 0 fully saturated rings. The quantitative estimate of drug-likeness (QED) is 0.587. The number of rotatable bonds is 3. The molecule has 124 valence electrons. The fourth-order valence-corrected chi connectivity index (χ4v) is 4.32. The highest BCUT2D eigenvalue weighted by Crippen LogP contribution is 2.42. The minimum Gasteiger partial charge on any atom is -0.337 e. The van der Waals surface area contributed by atoms with Crippen LogP contribution in [0, 0.1) is 0 Å². The van der Waals surface area contributed by atoms with Crippen LogP contribution in [0.1, 0.15) is 5.56 Å². The van der Waals surface area contributed by atoms with E-state index in [4.69, 9.17) is 0 Å². The molecular formula is C18H13N3O2S2. The van der Waals surface area contributed by atoms with Gasteiger partial charge in [0, 0.05) is 22.7 Å². The molecule has 0 radical (unpaired) electrons. The number of sulfone groups is 1. The van der Waals surface area contributed by atoms with E-state index in [1.165, 1.54) is 17.2 Å². The predicted octanol–water partition coefficient (Wildman–Crippen LogP) is 4.13. The Labute approximate surface area is 149 Å². The summed E-state index contributed by atoms with van der Waals surface area (Å²) >= 11 is 1.53. The Kier molecular flexibility index (Phi) is 4.03. The normalized spacial score (nSPS) is 13.1. The van der Waals surface area contributed by atoms with E-state index in [2.05, 4.69) is 15.3 Å². The van der Waals surface area contributed by atoms with Crippen molar-refractivity contribution in [2.24, 2.45) is 0 Å². The summed E-state index contributed by atoms with van der Waals surface area (Å²) in [7, 11) is -3.46. The second-order valence-electron chi connectivity index (χ2n) is 5.35. The largest absolute Gasteiger partial charge is 0.337 e. The van der Waals surface area contributed by atoms with Crippen molar-refractivity contribution >= 4 is 39.2 Å². The van der Waals surface area contributed by atoms with E-state index in [1.54, 1.807) is 48.8 Å². The highest BCUT2D eigenvalue weighted by Gasteiger charge is 2.17. The zero-order chi connectivity index (χ0) is 17.3. The molecular weight excluding hydrogens is 354 g/mol. The van der Waals surface area contributed by atoms with Gasteiger partial charge in [-0.25, -0.2) is 18.4 Å². The number of aromatic nitrogens is 2. The highest BCUT2D eigenvalue weighted by atomic mass is 32.2. The van der Waals surface area contributed by atoms with Gasteiger partial charge in [-0.1, -0.05) is 36.0 Å². The molecule has 1 aliphatic heterocycles. The van der Waals surface area contributed by atoms with E-state index in [-0.39, 0.29) is 4.90 Å². The Hall–Kier alpha value is -2.64. The Morgan fingerprint density at radius 1 is 1.00 bits per heavy atom. The molecule has 0 saturated heterocycles. The first-order valence-corrected chi connectivity index (χ1v) is 9.86. The van der Waals surface area contributed by atoms with Crippen LogP contribution in [0.25, 0.3) is 6.08 Å². The summed E-state index contributed by atoms with van der Waals surface area (Å²) < 4.78 is 24.7. The average molecular weight is 367 g/mol. The number of nitrogens with zero attached hydrogens (tertiary/aromatic N) is 2. The molecule has 1 N–H and O–H groups in total. The molecule has 0 atom stereocenters. The molecule has 3 aromatic rings. The van der Waals surface area contributed by atoms with Gasteiger partial charge in [0.2, 0.25) is 0 Å². The van der Waals surface area contributed by atoms with E-state index in [0.717, 1.165) is 21.2 Å². The van der Waals surface area contributed by atoms with E-state index >= 15 is 0 Å². The molecule has 0 unspecified atom stereocenters. The van der Waals surface area contributed by atoms with Crippen molar-refractivity contribution in [2.75, 3.05) is 5.32 Å². The molecule has 0 aliphatic carbocycles. The van der Waals surface area contributed by atoms with Crippen LogP contribution in [0.4, 0.5) is 11.5 Å². The number of nitrogens with one attached hydrogen (secondary N) is 1. The molecule has 2 heterocycles. The van der Waals surface area contributed by atoms with Crippen molar-refractivity contribution < 1.29 is 8.42 Å². The molecule has 2 aromatic carbocycles. The smallest absolute Gasteiger partial charge is 0.199 e. The first-order valence-electron chi connectivity index (χ1n) is 7.50. The van der Waals surface area contributed by atoms with Crippen molar-refractivity contribution in [3.63, 3.8) is 0 Å². The van der Waals surface area contributed by atoms with Gasteiger partial charge in [-0.05, 0) is 35.9 Å². The van der Waals surface area contributed by atoms with Crippen LogP contribution in [-0.4, -0.2) is 18.4 Å². The van der Waals surface area contributed by atoms with Crippen LogP contribution in [0.3, 0.4) is 0 Å². The maximum Gasteiger partial charge on any atom is 0.199 e. The second kappa shape index (κ2) is 6.34. The first-order chi connectivity index (χ1) is 12.1. The molecule has 0 saturated carbocycles. The van der Waals surface area contributed by atoms with Crippen molar-refractivity contribution in [1.29, 1.82) is 0 Å². The number of anilines is 2. The zero-order valence-corrected chi connectivity index (χ0v) is 14.6. The van der Waals surface area contributed by atoms with Gasteiger partial charge in [0.25, 0.3) is 0 Å². The number of benzene rings is 2. The molecule has 7 heteroatoms. The van der Waals surface area contributed by atoms with Gasteiger partial charge in [0.1, 0.15) is 5.03 Å². The molecule has 4 rings (SSSR count). The number of hydrogen-bond acceptors (Lipinski definition) is 6. The third-order valence-electron chi connectivity index (χ3n) is 3.64. The lowest BCUT2D eigenvalue weighted by Gasteiger charge is -2.18. The lowest BCUT2D eigenvalue weighted by molar-refractivity contribution is 0.605. The monoisotopic (exact) mass is 367 g/mol. The molecule has 1 aliphatic rings. The van der Waals surface area contributed by atoms with E-state index in [9.17, 15) is 8.42 Å². The maximum absolute atomic E-state index is 12.3. The van der Waals surface area contributed by atoms with E-state index < -0.39 is 9.84 Å². The molecule has 25 heavy (non-hydrogen) atoms. The highest BCUT2D eigenvalue weighted by molar-refractivity contribution is 7.99. The van der Waals surface area contributed by atoms with Crippen LogP contribution < -0.4 is 5.32 Å². The minimum atomic E-state index is -3.46. The first kappa shape index (κ1) is 15.9. The summed E-state index contributed by atoms with van der Waals surface area (Å²) in [4.78, 5) is 9.86. The predicted molar refractivity (Wildman–Crippen MR) is 98.5 cm³/mol. The Bertz CT molecular complexity index is 1060. The van der Waals surface area contributed by atoms with Gasteiger partial charge in [-0.2, -0.15) is 0 Å². The average Bonchev–Trinajstić information content (AvgIpc) is 2.65. The van der Waals surface area contributed by atoms with E-state index in [0.29, 0.717) is 5.82 Å². The van der Waals surface area contributed by atoms with Gasteiger partial charge in [-0.3, -0.25) is 0 Å². The maximum atomic E-state index is 12.3.